The fraction of sp³-hybridized carbons (Fsp3) is 0.848. The van der Waals surface area contributed by atoms with Crippen molar-refractivity contribution >= 4 is 17.8 Å². The molecular weight excluding hydrogens is 520 g/mol. The lowest BCUT2D eigenvalue weighted by molar-refractivity contribution is -0.304. The molecule has 1 fully saturated rings. The van der Waals surface area contributed by atoms with Crippen molar-refractivity contribution in [2.24, 2.45) is 5.41 Å². The van der Waals surface area contributed by atoms with Crippen LogP contribution in [0.25, 0.3) is 0 Å². The number of nitrogens with zero attached hydrogens (tertiary/aromatic N) is 1. The lowest BCUT2D eigenvalue weighted by Crippen LogP contribution is -2.56. The highest BCUT2D eigenvalue weighted by Crippen LogP contribution is 2.34. The number of hydrogen-bond donors (Lipinski definition) is 1. The summed E-state index contributed by atoms with van der Waals surface area (Å²) >= 11 is 0. The second kappa shape index (κ2) is 20.9. The first-order chi connectivity index (χ1) is 19.5. The molecule has 1 rings (SSSR count). The van der Waals surface area contributed by atoms with Gasteiger partial charge >= 0.3 is 5.97 Å². The molecule has 0 spiro atoms. The van der Waals surface area contributed by atoms with Crippen molar-refractivity contribution in [2.45, 2.75) is 143 Å². The van der Waals surface area contributed by atoms with E-state index in [2.05, 4.69) is 24.4 Å². The molecule has 0 aromatic heterocycles. The number of likely N-dealkylation sites (N-methyl/N-ethyl adjacent to an activating group) is 1. The molecule has 1 aliphatic rings. The Morgan fingerprint density at radius 1 is 0.878 bits per heavy atom. The van der Waals surface area contributed by atoms with E-state index in [1.54, 1.807) is 25.8 Å². The van der Waals surface area contributed by atoms with Crippen LogP contribution in [0.1, 0.15) is 131 Å². The topological polar surface area (TPSA) is 94.2 Å². The molecule has 0 bridgehead atoms. The van der Waals surface area contributed by atoms with Crippen molar-refractivity contribution in [1.82, 2.24) is 10.2 Å². The number of allylic oxidation sites excluding steroid dienone is 2. The van der Waals surface area contributed by atoms with E-state index in [-0.39, 0.29) is 31.4 Å². The van der Waals surface area contributed by atoms with Crippen molar-refractivity contribution in [3.63, 3.8) is 0 Å². The maximum absolute atomic E-state index is 12.6. The van der Waals surface area contributed by atoms with Crippen molar-refractivity contribution in [1.29, 1.82) is 0 Å². The molecule has 0 saturated carbocycles. The van der Waals surface area contributed by atoms with Gasteiger partial charge in [0.05, 0.1) is 19.6 Å². The van der Waals surface area contributed by atoms with Gasteiger partial charge in [-0.25, -0.2) is 0 Å². The van der Waals surface area contributed by atoms with Crippen LogP contribution in [0, 0.1) is 5.41 Å². The largest absolute Gasteiger partial charge is 0.464 e. The fourth-order valence-corrected chi connectivity index (χ4v) is 4.73. The predicted octanol–water partition coefficient (Wildman–Crippen LogP) is 6.71. The molecule has 0 radical (unpaired) electrons. The first-order valence-electron chi connectivity index (χ1n) is 16.1. The quantitative estimate of drug-likeness (QED) is 0.0869. The summed E-state index contributed by atoms with van der Waals surface area (Å²) in [5.41, 5.74) is -0.471. The zero-order chi connectivity index (χ0) is 30.6. The highest BCUT2D eigenvalue weighted by atomic mass is 16.7. The number of ether oxygens (including phenoxy) is 3. The van der Waals surface area contributed by atoms with Gasteiger partial charge in [-0.1, -0.05) is 84.3 Å². The summed E-state index contributed by atoms with van der Waals surface area (Å²) in [6.45, 7) is 10.7. The molecular formula is C33H60N2O6. The van der Waals surface area contributed by atoms with Gasteiger partial charge < -0.3 is 24.4 Å². The third-order valence-corrected chi connectivity index (χ3v) is 7.54. The van der Waals surface area contributed by atoms with E-state index in [0.29, 0.717) is 19.6 Å². The molecule has 1 aliphatic heterocycles. The van der Waals surface area contributed by atoms with Gasteiger partial charge in [-0.3, -0.25) is 14.4 Å². The van der Waals surface area contributed by atoms with Crippen molar-refractivity contribution in [2.75, 3.05) is 33.4 Å². The van der Waals surface area contributed by atoms with Crippen LogP contribution in [0.2, 0.25) is 0 Å². The Bertz CT molecular complexity index is 780. The Labute approximate surface area is 250 Å². The number of nitrogens with one attached hydrogen (secondary N) is 1. The summed E-state index contributed by atoms with van der Waals surface area (Å²) in [6, 6.07) is 0. The van der Waals surface area contributed by atoms with E-state index in [0.717, 1.165) is 25.7 Å². The van der Waals surface area contributed by atoms with Gasteiger partial charge in [-0.05, 0) is 46.0 Å². The number of rotatable bonds is 22. The third kappa shape index (κ3) is 17.6. The van der Waals surface area contributed by atoms with E-state index in [4.69, 9.17) is 14.2 Å². The molecule has 0 aromatic rings. The molecule has 0 aliphatic carbocycles. The lowest BCUT2D eigenvalue weighted by Gasteiger charge is -2.44. The van der Waals surface area contributed by atoms with E-state index >= 15 is 0 Å². The maximum atomic E-state index is 12.6. The normalized spacial score (nSPS) is 17.9. The van der Waals surface area contributed by atoms with E-state index in [1.165, 1.54) is 57.8 Å². The fourth-order valence-electron chi connectivity index (χ4n) is 4.73. The SMILES string of the molecule is CCCCCCCCC=CCCCCCCCC(=O)N(C)CCOC(=O)CCNC(=O)C1OC(C)(C)OCC1(C)C. The Morgan fingerprint density at radius 2 is 1.46 bits per heavy atom. The summed E-state index contributed by atoms with van der Waals surface area (Å²) in [5, 5.41) is 2.77. The van der Waals surface area contributed by atoms with Gasteiger partial charge in [0.25, 0.3) is 0 Å². The van der Waals surface area contributed by atoms with Crippen LogP contribution in [0.3, 0.4) is 0 Å². The molecule has 2 amide bonds. The molecule has 1 N–H and O–H groups in total. The predicted molar refractivity (Wildman–Crippen MR) is 164 cm³/mol. The molecule has 1 heterocycles. The van der Waals surface area contributed by atoms with Gasteiger partial charge in [0.15, 0.2) is 5.79 Å². The van der Waals surface area contributed by atoms with E-state index < -0.39 is 23.3 Å². The van der Waals surface area contributed by atoms with Crippen LogP contribution < -0.4 is 5.32 Å². The Hall–Kier alpha value is -1.93. The van der Waals surface area contributed by atoms with E-state index in [9.17, 15) is 14.4 Å². The second-order valence-electron chi connectivity index (χ2n) is 12.6. The average molecular weight is 581 g/mol. The number of amides is 2. The van der Waals surface area contributed by atoms with Gasteiger partial charge in [0.2, 0.25) is 11.8 Å². The van der Waals surface area contributed by atoms with Gasteiger partial charge in [0.1, 0.15) is 12.7 Å². The van der Waals surface area contributed by atoms with Crippen molar-refractivity contribution in [3.8, 4) is 0 Å². The summed E-state index contributed by atoms with van der Waals surface area (Å²) < 4.78 is 16.7. The number of carbonyl (C=O) groups is 3. The smallest absolute Gasteiger partial charge is 0.307 e. The minimum Gasteiger partial charge on any atom is -0.464 e. The molecule has 41 heavy (non-hydrogen) atoms. The highest BCUT2D eigenvalue weighted by molar-refractivity contribution is 5.82. The molecule has 1 saturated heterocycles. The van der Waals surface area contributed by atoms with Gasteiger partial charge in [-0.2, -0.15) is 0 Å². The number of carbonyl (C=O) groups excluding carboxylic acids is 3. The molecule has 8 heteroatoms. The summed E-state index contributed by atoms with van der Waals surface area (Å²) in [6.07, 6.45) is 20.6. The Morgan fingerprint density at radius 3 is 2.10 bits per heavy atom. The Balaban J connectivity index is 2.02. The van der Waals surface area contributed by atoms with Crippen LogP contribution in [0.4, 0.5) is 0 Å². The van der Waals surface area contributed by atoms with Crippen LogP contribution >= 0.6 is 0 Å². The first kappa shape index (κ1) is 37.1. The van der Waals surface area contributed by atoms with Crippen molar-refractivity contribution < 1.29 is 28.6 Å². The van der Waals surface area contributed by atoms with Crippen LogP contribution in [-0.2, 0) is 28.6 Å². The van der Waals surface area contributed by atoms with Crippen LogP contribution in [-0.4, -0.2) is 67.9 Å². The number of unbranched alkanes of at least 4 members (excludes halogenated alkanes) is 11. The zero-order valence-electron chi connectivity index (χ0n) is 27.1. The van der Waals surface area contributed by atoms with Gasteiger partial charge in [-0.15, -0.1) is 0 Å². The lowest BCUT2D eigenvalue weighted by atomic mass is 9.85. The van der Waals surface area contributed by atoms with Crippen LogP contribution in [0.15, 0.2) is 12.2 Å². The molecule has 8 nitrogen and oxygen atoms in total. The second-order valence-corrected chi connectivity index (χ2v) is 12.6. The summed E-state index contributed by atoms with van der Waals surface area (Å²) in [5.74, 6) is -1.42. The number of esters is 1. The zero-order valence-corrected chi connectivity index (χ0v) is 27.1. The molecule has 0 aromatic carbocycles. The molecule has 238 valence electrons. The molecule has 1 unspecified atom stereocenters. The summed E-state index contributed by atoms with van der Waals surface area (Å²) in [7, 11) is 1.74. The minimum absolute atomic E-state index is 0.0609. The molecule has 1 atom stereocenters. The maximum Gasteiger partial charge on any atom is 0.307 e. The Kier molecular flexibility index (Phi) is 18.9. The van der Waals surface area contributed by atoms with Crippen molar-refractivity contribution in [3.05, 3.63) is 12.2 Å². The highest BCUT2D eigenvalue weighted by Gasteiger charge is 2.45. The minimum atomic E-state index is -0.829. The third-order valence-electron chi connectivity index (χ3n) is 7.54. The monoisotopic (exact) mass is 580 g/mol. The standard InChI is InChI=1S/C33H60N2O6/c1-7-8-9-10-11-12-13-14-15-16-17-18-19-20-21-22-28(36)35(6)25-26-39-29(37)23-24-34-31(38)30-32(2,3)27-40-33(4,5)41-30/h14-15,30H,7-13,16-27H2,1-6H3,(H,34,38). The van der Waals surface area contributed by atoms with Gasteiger partial charge in [0, 0.05) is 25.4 Å². The summed E-state index contributed by atoms with van der Waals surface area (Å²) in [4.78, 5) is 38.7. The first-order valence-corrected chi connectivity index (χ1v) is 16.1. The number of hydrogen-bond acceptors (Lipinski definition) is 6. The van der Waals surface area contributed by atoms with E-state index in [1.807, 2.05) is 13.8 Å². The average Bonchev–Trinajstić information content (AvgIpc) is 2.92. The van der Waals surface area contributed by atoms with Crippen LogP contribution in [0.5, 0.6) is 0 Å².